The van der Waals surface area contributed by atoms with Gasteiger partial charge in [0.05, 0.1) is 5.56 Å². The Morgan fingerprint density at radius 3 is 2.88 bits per heavy atom. The topological polar surface area (TPSA) is 75.4 Å². The van der Waals surface area contributed by atoms with Crippen LogP contribution >= 0.6 is 0 Å². The Balaban J connectivity index is 1.81. The maximum Gasteiger partial charge on any atom is 0.242 e. The number of fused-ring (bicyclic) bond motifs is 1. The molecule has 0 aliphatic carbocycles. The molecule has 25 heavy (non-hydrogen) atoms. The Morgan fingerprint density at radius 2 is 2.08 bits per heavy atom. The molecule has 1 aliphatic rings. The van der Waals surface area contributed by atoms with Crippen LogP contribution in [0.2, 0.25) is 0 Å². The van der Waals surface area contributed by atoms with Gasteiger partial charge in [0.25, 0.3) is 0 Å². The van der Waals surface area contributed by atoms with E-state index in [1.807, 2.05) is 17.9 Å². The number of amides is 1. The van der Waals surface area contributed by atoms with E-state index in [0.717, 1.165) is 0 Å². The zero-order valence-corrected chi connectivity index (χ0v) is 13.7. The number of hydrogen-bond donors (Lipinski definition) is 1. The standard InChI is InChI=1S/C17H17FN6O/c1-2-13-17(25)19-9-10-23(13)15-8-7-14-20-21-16(24(14)22-15)11-5-3-4-6-12(11)18/h3-8,13H,2,9-10H2,1H3,(H,19,25). The van der Waals surface area contributed by atoms with Crippen LogP contribution in [-0.2, 0) is 4.79 Å². The van der Waals surface area contributed by atoms with Crippen LogP contribution in [0.3, 0.4) is 0 Å². The molecule has 8 heteroatoms. The summed E-state index contributed by atoms with van der Waals surface area (Å²) in [6, 6.07) is 9.71. The quantitative estimate of drug-likeness (QED) is 0.785. The lowest BCUT2D eigenvalue weighted by Gasteiger charge is -2.35. The molecule has 0 bridgehead atoms. The minimum atomic E-state index is -0.382. The molecule has 1 aliphatic heterocycles. The highest BCUT2D eigenvalue weighted by Gasteiger charge is 2.29. The van der Waals surface area contributed by atoms with Crippen molar-refractivity contribution in [2.75, 3.05) is 18.0 Å². The number of aromatic nitrogens is 4. The van der Waals surface area contributed by atoms with E-state index in [2.05, 4.69) is 20.6 Å². The molecule has 3 heterocycles. The number of hydrogen-bond acceptors (Lipinski definition) is 5. The van der Waals surface area contributed by atoms with E-state index >= 15 is 0 Å². The Kier molecular flexibility index (Phi) is 3.79. The molecule has 4 rings (SSSR count). The molecule has 0 radical (unpaired) electrons. The van der Waals surface area contributed by atoms with Crippen LogP contribution in [-0.4, -0.2) is 44.8 Å². The van der Waals surface area contributed by atoms with Crippen molar-refractivity contribution in [3.05, 3.63) is 42.2 Å². The van der Waals surface area contributed by atoms with Gasteiger partial charge in [-0.25, -0.2) is 4.39 Å². The van der Waals surface area contributed by atoms with E-state index in [0.29, 0.717) is 42.4 Å². The second-order valence-electron chi connectivity index (χ2n) is 5.87. The molecule has 1 saturated heterocycles. The predicted octanol–water partition coefficient (Wildman–Crippen LogP) is 1.65. The first-order chi connectivity index (χ1) is 12.2. The van der Waals surface area contributed by atoms with Gasteiger partial charge in [-0.2, -0.15) is 4.52 Å². The van der Waals surface area contributed by atoms with E-state index in [1.165, 1.54) is 10.6 Å². The number of nitrogens with zero attached hydrogens (tertiary/aromatic N) is 5. The predicted molar refractivity (Wildman–Crippen MR) is 90.6 cm³/mol. The molecule has 1 unspecified atom stereocenters. The van der Waals surface area contributed by atoms with Gasteiger partial charge in [0.2, 0.25) is 5.91 Å². The second-order valence-corrected chi connectivity index (χ2v) is 5.87. The lowest BCUT2D eigenvalue weighted by atomic mass is 10.1. The first-order valence-electron chi connectivity index (χ1n) is 8.20. The van der Waals surface area contributed by atoms with Gasteiger partial charge >= 0.3 is 0 Å². The molecule has 1 amide bonds. The van der Waals surface area contributed by atoms with E-state index < -0.39 is 0 Å². The number of rotatable bonds is 3. The summed E-state index contributed by atoms with van der Waals surface area (Å²) in [5.41, 5.74) is 0.861. The fraction of sp³-hybridized carbons (Fsp3) is 0.294. The van der Waals surface area contributed by atoms with Crippen molar-refractivity contribution in [3.8, 4) is 11.4 Å². The third-order valence-electron chi connectivity index (χ3n) is 4.38. The van der Waals surface area contributed by atoms with Crippen LogP contribution in [0.15, 0.2) is 36.4 Å². The Labute approximate surface area is 143 Å². The molecular weight excluding hydrogens is 323 g/mol. The van der Waals surface area contributed by atoms with Gasteiger partial charge in [-0.15, -0.1) is 15.3 Å². The average molecular weight is 340 g/mol. The molecule has 1 atom stereocenters. The van der Waals surface area contributed by atoms with E-state index in [1.54, 1.807) is 24.3 Å². The molecule has 2 aromatic heterocycles. The van der Waals surface area contributed by atoms with Gasteiger partial charge in [-0.05, 0) is 30.7 Å². The first kappa shape index (κ1) is 15.5. The Bertz CT molecular complexity index is 940. The largest absolute Gasteiger partial charge is 0.353 e. The summed E-state index contributed by atoms with van der Waals surface area (Å²) < 4.78 is 15.7. The molecule has 1 fully saturated rings. The van der Waals surface area contributed by atoms with Gasteiger partial charge < -0.3 is 10.2 Å². The molecule has 1 aromatic carbocycles. The van der Waals surface area contributed by atoms with Crippen molar-refractivity contribution < 1.29 is 9.18 Å². The smallest absolute Gasteiger partial charge is 0.242 e. The molecule has 128 valence electrons. The number of anilines is 1. The van der Waals surface area contributed by atoms with Crippen molar-refractivity contribution in [1.82, 2.24) is 25.1 Å². The summed E-state index contributed by atoms with van der Waals surface area (Å²) in [6.45, 7) is 3.20. The van der Waals surface area contributed by atoms with Crippen molar-refractivity contribution >= 4 is 17.4 Å². The fourth-order valence-corrected chi connectivity index (χ4v) is 3.14. The zero-order chi connectivity index (χ0) is 17.4. The third kappa shape index (κ3) is 2.59. The van der Waals surface area contributed by atoms with Gasteiger partial charge in [0.1, 0.15) is 11.9 Å². The van der Waals surface area contributed by atoms with E-state index in [9.17, 15) is 9.18 Å². The number of halogens is 1. The highest BCUT2D eigenvalue weighted by molar-refractivity contribution is 5.86. The number of carbonyl (C=O) groups excluding carboxylic acids is 1. The highest BCUT2D eigenvalue weighted by atomic mass is 19.1. The highest BCUT2D eigenvalue weighted by Crippen LogP contribution is 2.23. The summed E-state index contributed by atoms with van der Waals surface area (Å²) in [5, 5.41) is 15.6. The minimum absolute atomic E-state index is 0.00581. The molecule has 7 nitrogen and oxygen atoms in total. The monoisotopic (exact) mass is 340 g/mol. The Hall–Kier alpha value is -3.03. The summed E-state index contributed by atoms with van der Waals surface area (Å²) in [7, 11) is 0. The minimum Gasteiger partial charge on any atom is -0.353 e. The van der Waals surface area contributed by atoms with Crippen LogP contribution in [0.5, 0.6) is 0 Å². The van der Waals surface area contributed by atoms with Crippen molar-refractivity contribution in [1.29, 1.82) is 0 Å². The SMILES string of the molecule is CCC1C(=O)NCCN1c1ccc2nnc(-c3ccccc3F)n2n1. The maximum absolute atomic E-state index is 14.1. The number of benzene rings is 1. The van der Waals surface area contributed by atoms with Crippen molar-refractivity contribution in [2.24, 2.45) is 0 Å². The lowest BCUT2D eigenvalue weighted by Crippen LogP contribution is -2.55. The molecule has 0 saturated carbocycles. The third-order valence-corrected chi connectivity index (χ3v) is 4.38. The van der Waals surface area contributed by atoms with Crippen molar-refractivity contribution in [3.63, 3.8) is 0 Å². The second kappa shape index (κ2) is 6.12. The molecule has 0 spiro atoms. The normalized spacial score (nSPS) is 17.8. The molecule has 1 N–H and O–H groups in total. The van der Waals surface area contributed by atoms with Crippen LogP contribution in [0.1, 0.15) is 13.3 Å². The molecular formula is C17H17FN6O. The van der Waals surface area contributed by atoms with Crippen LogP contribution in [0.4, 0.5) is 10.2 Å². The summed E-state index contributed by atoms with van der Waals surface area (Å²) in [4.78, 5) is 14.1. The Morgan fingerprint density at radius 1 is 1.24 bits per heavy atom. The van der Waals surface area contributed by atoms with E-state index in [-0.39, 0.29) is 17.8 Å². The summed E-state index contributed by atoms with van der Waals surface area (Å²) >= 11 is 0. The van der Waals surface area contributed by atoms with Crippen molar-refractivity contribution in [2.45, 2.75) is 19.4 Å². The maximum atomic E-state index is 14.1. The zero-order valence-electron chi connectivity index (χ0n) is 13.7. The fourth-order valence-electron chi connectivity index (χ4n) is 3.14. The summed E-state index contributed by atoms with van der Waals surface area (Å²) in [5.74, 6) is 0.595. The number of piperazine rings is 1. The first-order valence-corrected chi connectivity index (χ1v) is 8.20. The van der Waals surface area contributed by atoms with Gasteiger partial charge in [0, 0.05) is 13.1 Å². The van der Waals surface area contributed by atoms with Gasteiger partial charge in [0.15, 0.2) is 17.3 Å². The van der Waals surface area contributed by atoms with Gasteiger partial charge in [-0.3, -0.25) is 4.79 Å². The average Bonchev–Trinajstić information content (AvgIpc) is 3.05. The van der Waals surface area contributed by atoms with Crippen LogP contribution in [0, 0.1) is 5.82 Å². The van der Waals surface area contributed by atoms with Crippen LogP contribution < -0.4 is 10.2 Å². The number of carbonyl (C=O) groups is 1. The van der Waals surface area contributed by atoms with Crippen LogP contribution in [0.25, 0.3) is 17.0 Å². The lowest BCUT2D eigenvalue weighted by molar-refractivity contribution is -0.123. The summed E-state index contributed by atoms with van der Waals surface area (Å²) in [6.07, 6.45) is 0.675. The van der Waals surface area contributed by atoms with Gasteiger partial charge in [-0.1, -0.05) is 19.1 Å². The van der Waals surface area contributed by atoms with E-state index in [4.69, 9.17) is 0 Å². The molecule has 3 aromatic rings. The number of nitrogens with one attached hydrogen (secondary N) is 1.